The van der Waals surface area contributed by atoms with E-state index in [2.05, 4.69) is 459 Å². The third kappa shape index (κ3) is 20.0. The summed E-state index contributed by atoms with van der Waals surface area (Å²) in [6, 6.07) is 103. The van der Waals surface area contributed by atoms with Crippen molar-refractivity contribution in [1.29, 1.82) is 0 Å². The smallest absolute Gasteiger partial charge is 0.0639 e. The Balaban J connectivity index is 0.000000136. The third-order valence-corrected chi connectivity index (χ3v) is 29.0. The SMILES string of the molecule is CC(C)(C)c1c[c-]c2c(c1)c1cc(C(C)(C)C)ccc1n1ccnc21.CC(C)(C)c1ccc(-c2cc(C(C)(C)C)cc3c4ccc[c-]c4c4nccn4c23)cc1.CC(C)c1cc(C(C)C)c(-c2ccc3c(c2)c2ccc[c-]c2c2nccn32)c(C(C)C)c1.Cc1cc2c3ccc[c-]c3c3ncc(-c4c(C)cccc4C)n3c2cc1C.Cc1ccc2c(c1)c1ccc[c-]c1c1ncc(-c3c(C)cccc3C)n21.[Ir].[Ir].[Ir].[Ir].[Ir]. The molecule has 0 bridgehead atoms. The predicted molar refractivity (Wildman–Crippen MR) is 597 cm³/mol. The molecule has 0 atom stereocenters. The van der Waals surface area contributed by atoms with E-state index in [9.17, 15) is 0 Å². The van der Waals surface area contributed by atoms with Gasteiger partial charge in [0.05, 0.1) is 39.6 Å². The van der Waals surface area contributed by atoms with Crippen molar-refractivity contribution >= 4 is 137 Å². The first kappa shape index (κ1) is 109. The van der Waals surface area contributed by atoms with Crippen molar-refractivity contribution in [2.24, 2.45) is 0 Å². The van der Waals surface area contributed by atoms with Crippen molar-refractivity contribution in [2.75, 3.05) is 0 Å². The molecule has 0 aliphatic carbocycles. The zero-order valence-corrected chi connectivity index (χ0v) is 100.0. The van der Waals surface area contributed by atoms with Crippen molar-refractivity contribution in [2.45, 2.75) is 213 Å². The van der Waals surface area contributed by atoms with Gasteiger partial charge in [0, 0.05) is 194 Å². The molecule has 0 saturated heterocycles. The van der Waals surface area contributed by atoms with Gasteiger partial charge in [-0.25, -0.2) is 0 Å². The largest absolute Gasteiger partial charge is 0.340 e. The number of fused-ring (bicyclic) bond motifs is 30. The molecule has 15 heteroatoms. The van der Waals surface area contributed by atoms with E-state index in [4.69, 9.17) is 9.97 Å². The van der Waals surface area contributed by atoms with Gasteiger partial charge in [-0.15, -0.1) is 148 Å². The van der Waals surface area contributed by atoms with Gasteiger partial charge in [0.2, 0.25) is 0 Å². The normalized spacial score (nSPS) is 11.9. The van der Waals surface area contributed by atoms with E-state index in [-0.39, 0.29) is 122 Å². The van der Waals surface area contributed by atoms with Crippen molar-refractivity contribution in [1.82, 2.24) is 46.9 Å². The molecule has 0 unspecified atom stereocenters. The van der Waals surface area contributed by atoms with Gasteiger partial charge < -0.3 is 22.0 Å². The first-order valence-corrected chi connectivity index (χ1v) is 49.9. The van der Waals surface area contributed by atoms with E-state index >= 15 is 0 Å². The molecule has 10 aromatic heterocycles. The molecule has 24 rings (SSSR count). The topological polar surface area (TPSA) is 86.5 Å². The van der Waals surface area contributed by atoms with E-state index in [1.807, 2.05) is 67.6 Å². The molecule has 0 fully saturated rings. The summed E-state index contributed by atoms with van der Waals surface area (Å²) >= 11 is 0. The molecule has 14 aromatic carbocycles. The van der Waals surface area contributed by atoms with Crippen molar-refractivity contribution in [3.63, 3.8) is 0 Å². The molecule has 146 heavy (non-hydrogen) atoms. The third-order valence-electron chi connectivity index (χ3n) is 29.0. The quantitative estimate of drug-likeness (QED) is 0.117. The van der Waals surface area contributed by atoms with Gasteiger partial charge >= 0.3 is 0 Å². The second-order valence-electron chi connectivity index (χ2n) is 44.0. The van der Waals surface area contributed by atoms with Crippen LogP contribution in [-0.4, -0.2) is 46.9 Å². The molecule has 0 spiro atoms. The maximum absolute atomic E-state index is 4.84. The summed E-state index contributed by atoms with van der Waals surface area (Å²) in [7, 11) is 0. The Morgan fingerprint density at radius 3 is 1.13 bits per heavy atom. The fourth-order valence-electron chi connectivity index (χ4n) is 21.1. The summed E-state index contributed by atoms with van der Waals surface area (Å²) in [5, 5.41) is 17.7. The van der Waals surface area contributed by atoms with E-state index in [0.717, 1.165) is 66.6 Å². The number of nitrogens with zero attached hydrogens (tertiary/aromatic N) is 10. The van der Waals surface area contributed by atoms with E-state index in [1.165, 1.54) is 193 Å². The minimum Gasteiger partial charge on any atom is -0.340 e. The molecule has 0 amide bonds. The zero-order valence-electron chi connectivity index (χ0n) is 88.0. The van der Waals surface area contributed by atoms with Crippen LogP contribution < -0.4 is 0 Å². The molecule has 0 aliphatic rings. The number of hydrogen-bond acceptors (Lipinski definition) is 5. The summed E-state index contributed by atoms with van der Waals surface area (Å²) in [5.41, 5.74) is 39.8. The number of imidazole rings is 5. The summed E-state index contributed by atoms with van der Waals surface area (Å²) in [6.45, 7) is 56.2. The van der Waals surface area contributed by atoms with E-state index < -0.39 is 0 Å². The summed E-state index contributed by atoms with van der Waals surface area (Å²) in [5.74, 6) is 1.43. The van der Waals surface area contributed by atoms with Gasteiger partial charge in [-0.1, -0.05) is 278 Å². The maximum atomic E-state index is 4.84. The molecular weight excluding hydrogens is 2670 g/mol. The molecular formula is C131H125Ir5N10-5. The van der Waals surface area contributed by atoms with Crippen LogP contribution in [0.15, 0.2) is 286 Å². The van der Waals surface area contributed by atoms with Gasteiger partial charge in [0.1, 0.15) is 0 Å². The summed E-state index contributed by atoms with van der Waals surface area (Å²) in [6.07, 6.45) is 15.8. The van der Waals surface area contributed by atoms with Crippen molar-refractivity contribution in [3.8, 4) is 44.8 Å². The van der Waals surface area contributed by atoms with E-state index in [1.54, 1.807) is 0 Å². The number of rotatable bonds is 7. The average molecular weight is 2800 g/mol. The number of aryl methyl sites for hydroxylation is 7. The second-order valence-corrected chi connectivity index (χ2v) is 44.0. The fourth-order valence-corrected chi connectivity index (χ4v) is 21.1. The van der Waals surface area contributed by atoms with Crippen molar-refractivity contribution < 1.29 is 101 Å². The maximum Gasteiger partial charge on any atom is 0.0639 e. The zero-order chi connectivity index (χ0) is 99.1. The number of hydrogen-bond donors (Lipinski definition) is 0. The molecule has 10 heterocycles. The number of aromatic nitrogens is 10. The summed E-state index contributed by atoms with van der Waals surface area (Å²) < 4.78 is 11.2. The van der Waals surface area contributed by atoms with Crippen LogP contribution in [0, 0.1) is 78.8 Å². The minimum absolute atomic E-state index is 0. The average Bonchev–Trinajstić information content (AvgIpc) is 1.00. The molecule has 5 radical (unpaired) electrons. The molecule has 749 valence electrons. The Morgan fingerprint density at radius 2 is 0.658 bits per heavy atom. The van der Waals surface area contributed by atoms with Gasteiger partial charge in [-0.3, -0.25) is 24.9 Å². The first-order valence-electron chi connectivity index (χ1n) is 49.9. The Morgan fingerprint density at radius 1 is 0.274 bits per heavy atom. The number of benzene rings is 14. The summed E-state index contributed by atoms with van der Waals surface area (Å²) in [4.78, 5) is 23.5. The van der Waals surface area contributed by atoms with E-state index in [0.29, 0.717) is 17.8 Å². The van der Waals surface area contributed by atoms with Crippen LogP contribution in [0.5, 0.6) is 0 Å². The van der Waals surface area contributed by atoms with Crippen LogP contribution in [0.2, 0.25) is 0 Å². The van der Waals surface area contributed by atoms with Crippen LogP contribution >= 0.6 is 0 Å². The van der Waals surface area contributed by atoms with Gasteiger partial charge in [-0.2, -0.15) is 0 Å². The van der Waals surface area contributed by atoms with Gasteiger partial charge in [-0.05, 0) is 229 Å². The Kier molecular flexibility index (Phi) is 31.6. The van der Waals surface area contributed by atoms with Crippen LogP contribution in [-0.2, 0) is 122 Å². The standard InChI is InChI=1S/C30H31N2.C29H29N2.C25H21N2.C24H19N2.C23H25N2.5Ir/c1-18(2)22-16-25(19(3)4)29(26(17-22)20(5)6)21-11-12-28-27(15-21)23-9-7-8-10-24(23)30-31-13-14-32(28)30;1-28(2,3)20-13-11-19(12-14-20)24-17-21(29(4,5)6)18-25-22-9-7-8-10-23(22)27-30-15-16-31(27)26(24)25;1-15-8-7-9-16(2)24(15)23-14-26-25-20-11-6-5-10-19(20)21-12-17(3)18(4)13-22(21)27(23)25;1-15-11-12-21-20(13-15)18-9-4-5-10-19(18)24-25-14-22(26(21)24)23-16(2)7-6-8-17(23)3;1-22(2,3)15-7-9-17-18(13-15)19-14-16(23(4,5)6)8-10-20(19)25-12-11-24-21(17)25;;;;;/h7-9,11-20H,1-6H3;7-9,11-18H,1-6H3;5-10,12-14H,1-4H3;4-9,11-14H,1-3H3;7-8,10-14H,1-6H3;;;;;/q5*-1;;;;;. The Hall–Kier alpha value is -11.6. The van der Waals surface area contributed by atoms with Crippen LogP contribution in [0.1, 0.15) is 220 Å². The van der Waals surface area contributed by atoms with Gasteiger partial charge in [0.15, 0.2) is 0 Å². The molecule has 24 aromatic rings. The second kappa shape index (κ2) is 42.5. The molecule has 0 aliphatic heterocycles. The van der Waals surface area contributed by atoms with Crippen LogP contribution in [0.3, 0.4) is 0 Å². The Bertz CT molecular complexity index is 8950. The molecule has 0 saturated carbocycles. The van der Waals surface area contributed by atoms with Crippen LogP contribution in [0.4, 0.5) is 0 Å². The predicted octanol–water partition coefficient (Wildman–Crippen LogP) is 34.6. The minimum atomic E-state index is 0. The van der Waals surface area contributed by atoms with Gasteiger partial charge in [0.25, 0.3) is 0 Å². The number of pyridine rings is 5. The molecule has 0 N–H and O–H groups in total. The van der Waals surface area contributed by atoms with Crippen LogP contribution in [0.25, 0.3) is 181 Å². The van der Waals surface area contributed by atoms with Crippen molar-refractivity contribution in [3.05, 3.63) is 394 Å². The molecule has 10 nitrogen and oxygen atoms in total. The first-order chi connectivity index (χ1) is 67.4. The monoisotopic (exact) mass is 2800 g/mol. The fraction of sp³-hybridized carbons (Fsp3) is 0.244. The Labute approximate surface area is 926 Å².